The molecule has 1 aliphatic rings. The Labute approximate surface area is 181 Å². The number of carbonyl (C=O) groups excluding carboxylic acids is 1. The molecule has 0 N–H and O–H groups in total. The molecule has 1 atom stereocenters. The Balaban J connectivity index is 1.63. The van der Waals surface area contributed by atoms with Gasteiger partial charge in [0.05, 0.1) is 22.8 Å². The fourth-order valence-electron chi connectivity index (χ4n) is 4.34. The average Bonchev–Trinajstić information content (AvgIpc) is 2.84. The number of hydrogen-bond donors (Lipinski definition) is 0. The van der Waals surface area contributed by atoms with Crippen LogP contribution in [0.15, 0.2) is 67.5 Å². The molecule has 4 heterocycles. The maximum absolute atomic E-state index is 13.9. The first-order valence-electron chi connectivity index (χ1n) is 10.6. The molecule has 5 rings (SSSR count). The molecule has 4 aromatic rings. The predicted molar refractivity (Wildman–Crippen MR) is 119 cm³/mol. The van der Waals surface area contributed by atoms with Gasteiger partial charge in [-0.25, -0.2) is 15.0 Å². The molecule has 31 heavy (non-hydrogen) atoms. The summed E-state index contributed by atoms with van der Waals surface area (Å²) in [6.45, 7) is 2.77. The van der Waals surface area contributed by atoms with Gasteiger partial charge in [0.1, 0.15) is 6.33 Å². The van der Waals surface area contributed by atoms with Gasteiger partial charge in [-0.2, -0.15) is 0 Å². The monoisotopic (exact) mass is 409 g/mol. The molecule has 0 radical (unpaired) electrons. The minimum atomic E-state index is 0.0305. The van der Waals surface area contributed by atoms with Crippen molar-refractivity contribution in [3.05, 3.63) is 84.2 Å². The lowest BCUT2D eigenvalue weighted by Gasteiger charge is -2.36. The normalized spacial score (nSPS) is 16.4. The van der Waals surface area contributed by atoms with Gasteiger partial charge in [-0.3, -0.25) is 9.78 Å². The van der Waals surface area contributed by atoms with Crippen LogP contribution in [0.1, 0.15) is 46.8 Å². The van der Waals surface area contributed by atoms with Crippen molar-refractivity contribution in [3.63, 3.8) is 0 Å². The zero-order valence-corrected chi connectivity index (χ0v) is 17.4. The van der Waals surface area contributed by atoms with Crippen molar-refractivity contribution in [1.29, 1.82) is 0 Å². The van der Waals surface area contributed by atoms with E-state index in [2.05, 4.69) is 21.0 Å². The second kappa shape index (κ2) is 8.22. The molecule has 0 saturated carbocycles. The molecule has 0 spiro atoms. The quantitative estimate of drug-likeness (QED) is 0.488. The average molecular weight is 409 g/mol. The SMILES string of the molecule is Cc1ccc2c(C(=O)N3CCCCC3c3cccnc3)cc(-c3cncnc3)nc2c1. The van der Waals surface area contributed by atoms with Crippen LogP contribution in [0.3, 0.4) is 0 Å². The number of fused-ring (bicyclic) bond motifs is 1. The highest BCUT2D eigenvalue weighted by Gasteiger charge is 2.30. The number of amides is 1. The maximum atomic E-state index is 13.9. The Hall–Kier alpha value is -3.67. The van der Waals surface area contributed by atoms with E-state index in [0.717, 1.165) is 53.4 Å². The summed E-state index contributed by atoms with van der Waals surface area (Å²) < 4.78 is 0. The third kappa shape index (κ3) is 3.77. The molecule has 1 aromatic carbocycles. The van der Waals surface area contributed by atoms with Crippen molar-refractivity contribution in [3.8, 4) is 11.3 Å². The van der Waals surface area contributed by atoms with Gasteiger partial charge in [-0.15, -0.1) is 0 Å². The molecule has 3 aromatic heterocycles. The van der Waals surface area contributed by atoms with E-state index in [9.17, 15) is 4.79 Å². The van der Waals surface area contributed by atoms with Crippen molar-refractivity contribution in [2.45, 2.75) is 32.2 Å². The van der Waals surface area contributed by atoms with Gasteiger partial charge in [0.15, 0.2) is 0 Å². The van der Waals surface area contributed by atoms with E-state index in [-0.39, 0.29) is 11.9 Å². The molecule has 1 unspecified atom stereocenters. The summed E-state index contributed by atoms with van der Waals surface area (Å²) >= 11 is 0. The molecule has 6 heteroatoms. The maximum Gasteiger partial charge on any atom is 0.255 e. The van der Waals surface area contributed by atoms with E-state index in [1.54, 1.807) is 18.6 Å². The molecule has 6 nitrogen and oxygen atoms in total. The minimum Gasteiger partial charge on any atom is -0.332 e. The lowest BCUT2D eigenvalue weighted by atomic mass is 9.94. The molecule has 1 saturated heterocycles. The Morgan fingerprint density at radius 1 is 1.03 bits per heavy atom. The number of aromatic nitrogens is 4. The van der Waals surface area contributed by atoms with Crippen molar-refractivity contribution >= 4 is 16.8 Å². The van der Waals surface area contributed by atoms with Gasteiger partial charge >= 0.3 is 0 Å². The van der Waals surface area contributed by atoms with Crippen LogP contribution in [0, 0.1) is 6.92 Å². The van der Waals surface area contributed by atoms with E-state index in [0.29, 0.717) is 11.3 Å². The van der Waals surface area contributed by atoms with Crippen LogP contribution in [-0.2, 0) is 0 Å². The number of likely N-dealkylation sites (tertiary alicyclic amines) is 1. The van der Waals surface area contributed by atoms with E-state index >= 15 is 0 Å². The van der Waals surface area contributed by atoms with Gasteiger partial charge in [0.25, 0.3) is 5.91 Å². The first-order valence-corrected chi connectivity index (χ1v) is 10.6. The number of nitrogens with zero attached hydrogens (tertiary/aromatic N) is 5. The highest BCUT2D eigenvalue weighted by atomic mass is 16.2. The van der Waals surface area contributed by atoms with Crippen molar-refractivity contribution in [1.82, 2.24) is 24.8 Å². The first-order chi connectivity index (χ1) is 15.2. The third-order valence-electron chi connectivity index (χ3n) is 5.88. The fraction of sp³-hybridized carbons (Fsp3) is 0.240. The molecule has 1 aliphatic heterocycles. The van der Waals surface area contributed by atoms with Gasteiger partial charge in [0.2, 0.25) is 0 Å². The first kappa shape index (κ1) is 19.3. The predicted octanol–water partition coefficient (Wildman–Crippen LogP) is 4.76. The van der Waals surface area contributed by atoms with Crippen LogP contribution in [0.5, 0.6) is 0 Å². The fourth-order valence-corrected chi connectivity index (χ4v) is 4.34. The van der Waals surface area contributed by atoms with Crippen molar-refractivity contribution in [2.24, 2.45) is 0 Å². The molecule has 1 amide bonds. The van der Waals surface area contributed by atoms with Crippen molar-refractivity contribution < 1.29 is 4.79 Å². The molecular weight excluding hydrogens is 386 g/mol. The second-order valence-electron chi connectivity index (χ2n) is 8.00. The van der Waals surface area contributed by atoms with Crippen LogP contribution in [0.25, 0.3) is 22.2 Å². The number of benzene rings is 1. The zero-order chi connectivity index (χ0) is 21.2. The Bertz CT molecular complexity index is 1230. The van der Waals surface area contributed by atoms with E-state index in [4.69, 9.17) is 4.98 Å². The summed E-state index contributed by atoms with van der Waals surface area (Å²) in [4.78, 5) is 33.2. The summed E-state index contributed by atoms with van der Waals surface area (Å²) in [6.07, 6.45) is 11.6. The summed E-state index contributed by atoms with van der Waals surface area (Å²) in [6, 6.07) is 12.0. The number of hydrogen-bond acceptors (Lipinski definition) is 5. The third-order valence-corrected chi connectivity index (χ3v) is 5.88. The van der Waals surface area contributed by atoms with Gasteiger partial charge in [0, 0.05) is 42.3 Å². The topological polar surface area (TPSA) is 71.9 Å². The number of pyridine rings is 2. The summed E-state index contributed by atoms with van der Waals surface area (Å²) in [7, 11) is 0. The largest absolute Gasteiger partial charge is 0.332 e. The van der Waals surface area contributed by atoms with Crippen LogP contribution in [0.2, 0.25) is 0 Å². The van der Waals surface area contributed by atoms with E-state index < -0.39 is 0 Å². The minimum absolute atomic E-state index is 0.0305. The van der Waals surface area contributed by atoms with Crippen LogP contribution >= 0.6 is 0 Å². The van der Waals surface area contributed by atoms with Crippen LogP contribution < -0.4 is 0 Å². The zero-order valence-electron chi connectivity index (χ0n) is 17.4. The van der Waals surface area contributed by atoms with Crippen LogP contribution in [0.4, 0.5) is 0 Å². The van der Waals surface area contributed by atoms with Crippen molar-refractivity contribution in [2.75, 3.05) is 6.54 Å². The van der Waals surface area contributed by atoms with Crippen LogP contribution in [-0.4, -0.2) is 37.3 Å². The molecular formula is C25H23N5O. The number of rotatable bonds is 3. The Morgan fingerprint density at radius 3 is 2.71 bits per heavy atom. The summed E-state index contributed by atoms with van der Waals surface area (Å²) in [5.41, 5.74) is 5.16. The molecule has 154 valence electrons. The highest BCUT2D eigenvalue weighted by molar-refractivity contribution is 6.07. The smallest absolute Gasteiger partial charge is 0.255 e. The van der Waals surface area contributed by atoms with Gasteiger partial charge in [-0.05, 0) is 55.5 Å². The molecule has 0 bridgehead atoms. The number of aryl methyl sites for hydroxylation is 1. The molecule has 0 aliphatic carbocycles. The van der Waals surface area contributed by atoms with Gasteiger partial charge < -0.3 is 4.90 Å². The standard InChI is InChI=1S/C25H23N5O/c1-17-7-8-20-21(12-22(29-23(20)11-17)19-14-27-16-28-15-19)25(31)30-10-3-2-6-24(30)18-5-4-9-26-13-18/h4-5,7-9,11-16,24H,2-3,6,10H2,1H3. The Kier molecular flexibility index (Phi) is 5.12. The lowest BCUT2D eigenvalue weighted by molar-refractivity contribution is 0.0613. The number of carbonyl (C=O) groups is 1. The molecule has 1 fully saturated rings. The summed E-state index contributed by atoms with van der Waals surface area (Å²) in [5, 5.41) is 0.867. The van der Waals surface area contributed by atoms with E-state index in [1.807, 2.05) is 48.4 Å². The second-order valence-corrected chi connectivity index (χ2v) is 8.00. The number of piperidine rings is 1. The van der Waals surface area contributed by atoms with Gasteiger partial charge in [-0.1, -0.05) is 18.2 Å². The summed E-state index contributed by atoms with van der Waals surface area (Å²) in [5.74, 6) is 0.0305. The Morgan fingerprint density at radius 2 is 1.90 bits per heavy atom. The lowest BCUT2D eigenvalue weighted by Crippen LogP contribution is -2.38. The highest BCUT2D eigenvalue weighted by Crippen LogP contribution is 2.34. The van der Waals surface area contributed by atoms with E-state index in [1.165, 1.54) is 6.33 Å².